The Morgan fingerprint density at radius 3 is 2.50 bits per heavy atom. The number of rotatable bonds is 4. The molecule has 2 N–H and O–H groups in total. The van der Waals surface area contributed by atoms with Gasteiger partial charge >= 0.3 is 5.91 Å². The van der Waals surface area contributed by atoms with Gasteiger partial charge in [-0.25, -0.2) is 0 Å². The molecule has 0 aliphatic heterocycles. The molecule has 0 radical (unpaired) electrons. The van der Waals surface area contributed by atoms with Crippen molar-refractivity contribution in [3.63, 3.8) is 0 Å². The van der Waals surface area contributed by atoms with Gasteiger partial charge in [0.25, 0.3) is 5.91 Å². The maximum atomic E-state index is 12.2. The Morgan fingerprint density at radius 2 is 1.79 bits per heavy atom. The summed E-state index contributed by atoms with van der Waals surface area (Å²) in [6, 6.07) is 11.2. The number of amides is 2. The van der Waals surface area contributed by atoms with Crippen LogP contribution in [-0.2, 0) is 11.8 Å². The van der Waals surface area contributed by atoms with Gasteiger partial charge in [0.05, 0.1) is 0 Å². The van der Waals surface area contributed by atoms with Gasteiger partial charge in [-0.15, -0.1) is 10.2 Å². The molecule has 9 heteroatoms. The summed E-state index contributed by atoms with van der Waals surface area (Å²) in [4.78, 5) is 24.3. The number of halogens is 1. The standard InChI is InChI=1S/C19H16BrN3O5/c1-10(28-13-5-3-4-12(20)9-13)16(24)21-22-17(25)11-6-7-14-15(8-11)19(27)23(2)18(14)26/h3-10,26-27H,1-2H3. The molecular weight excluding hydrogens is 430 g/mol. The lowest BCUT2D eigenvalue weighted by Crippen LogP contribution is -2.21. The molecule has 2 aromatic carbocycles. The molecule has 3 rings (SSSR count). The summed E-state index contributed by atoms with van der Waals surface area (Å²) in [7, 11) is 1.48. The molecule has 0 spiro atoms. The second-order valence-corrected chi connectivity index (χ2v) is 6.94. The van der Waals surface area contributed by atoms with Crippen molar-refractivity contribution in [2.24, 2.45) is 17.3 Å². The molecule has 0 aliphatic rings. The second kappa shape index (κ2) is 7.81. The zero-order valence-electron chi connectivity index (χ0n) is 15.0. The average molecular weight is 446 g/mol. The Bertz CT molecular complexity index is 1110. The largest absolute Gasteiger partial charge is 0.494 e. The fourth-order valence-corrected chi connectivity index (χ4v) is 2.93. The first-order valence-electron chi connectivity index (χ1n) is 8.20. The summed E-state index contributed by atoms with van der Waals surface area (Å²) in [5.74, 6) is -1.31. The van der Waals surface area contributed by atoms with E-state index in [1.807, 2.05) is 6.07 Å². The summed E-state index contributed by atoms with van der Waals surface area (Å²) >= 11 is 3.31. The summed E-state index contributed by atoms with van der Waals surface area (Å²) in [6.07, 6.45) is -0.927. The summed E-state index contributed by atoms with van der Waals surface area (Å²) in [6.45, 7) is 1.50. The van der Waals surface area contributed by atoms with Gasteiger partial charge in [0.15, 0.2) is 6.10 Å². The van der Waals surface area contributed by atoms with Crippen molar-refractivity contribution < 1.29 is 24.5 Å². The van der Waals surface area contributed by atoms with Gasteiger partial charge < -0.3 is 14.9 Å². The highest BCUT2D eigenvalue weighted by Crippen LogP contribution is 2.35. The van der Waals surface area contributed by atoms with Crippen molar-refractivity contribution in [3.05, 3.63) is 52.5 Å². The summed E-state index contributed by atoms with van der Waals surface area (Å²) < 4.78 is 7.46. The SMILES string of the molecule is CC(Oc1cccc(Br)c1)C(=O)N=NC(=O)c1ccc2c(O)n(C)c(O)c2c1. The van der Waals surface area contributed by atoms with E-state index in [0.29, 0.717) is 16.5 Å². The van der Waals surface area contributed by atoms with Crippen molar-refractivity contribution in [2.75, 3.05) is 0 Å². The molecule has 2 amide bonds. The zero-order valence-corrected chi connectivity index (χ0v) is 16.5. The van der Waals surface area contributed by atoms with Gasteiger partial charge in [0, 0.05) is 27.9 Å². The van der Waals surface area contributed by atoms with Crippen molar-refractivity contribution >= 4 is 38.5 Å². The van der Waals surface area contributed by atoms with Crippen LogP contribution in [0.2, 0.25) is 0 Å². The minimum absolute atomic E-state index is 0.116. The van der Waals surface area contributed by atoms with Crippen LogP contribution in [0.1, 0.15) is 17.3 Å². The summed E-state index contributed by atoms with van der Waals surface area (Å²) in [5, 5.41) is 27.4. The van der Waals surface area contributed by atoms with Gasteiger partial charge in [-0.1, -0.05) is 22.0 Å². The van der Waals surface area contributed by atoms with E-state index in [4.69, 9.17) is 4.74 Å². The predicted molar refractivity (Wildman–Crippen MR) is 105 cm³/mol. The highest BCUT2D eigenvalue weighted by molar-refractivity contribution is 9.10. The highest BCUT2D eigenvalue weighted by Gasteiger charge is 2.17. The number of ether oxygens (including phenoxy) is 1. The average Bonchev–Trinajstić information content (AvgIpc) is 2.89. The van der Waals surface area contributed by atoms with Gasteiger partial charge in [0.1, 0.15) is 5.75 Å². The zero-order chi connectivity index (χ0) is 20.4. The van der Waals surface area contributed by atoms with Gasteiger partial charge in [-0.2, -0.15) is 0 Å². The van der Waals surface area contributed by atoms with Crippen molar-refractivity contribution in [1.29, 1.82) is 0 Å². The monoisotopic (exact) mass is 445 g/mol. The highest BCUT2D eigenvalue weighted by atomic mass is 79.9. The van der Waals surface area contributed by atoms with E-state index in [2.05, 4.69) is 26.2 Å². The third-order valence-electron chi connectivity index (χ3n) is 4.08. The minimum atomic E-state index is -0.927. The third-order valence-corrected chi connectivity index (χ3v) is 4.57. The lowest BCUT2D eigenvalue weighted by atomic mass is 10.1. The molecule has 144 valence electrons. The molecule has 1 unspecified atom stereocenters. The lowest BCUT2D eigenvalue weighted by Gasteiger charge is -2.10. The Labute approximate surface area is 168 Å². The lowest BCUT2D eigenvalue weighted by molar-refractivity contribution is -0.124. The number of hydrogen-bond acceptors (Lipinski definition) is 5. The normalized spacial score (nSPS) is 12.4. The fraction of sp³-hybridized carbons (Fsp3) is 0.158. The molecule has 0 saturated carbocycles. The summed E-state index contributed by atoms with van der Waals surface area (Å²) in [5.41, 5.74) is 0.116. The van der Waals surface area contributed by atoms with E-state index in [1.165, 1.54) is 36.7 Å². The fourth-order valence-electron chi connectivity index (χ4n) is 2.55. The van der Waals surface area contributed by atoms with E-state index >= 15 is 0 Å². The van der Waals surface area contributed by atoms with Crippen molar-refractivity contribution in [2.45, 2.75) is 13.0 Å². The van der Waals surface area contributed by atoms with E-state index in [-0.39, 0.29) is 17.3 Å². The molecule has 0 bridgehead atoms. The molecule has 1 aromatic heterocycles. The van der Waals surface area contributed by atoms with Crippen LogP contribution < -0.4 is 4.74 Å². The number of hydrogen-bond donors (Lipinski definition) is 2. The van der Waals surface area contributed by atoms with E-state index in [9.17, 15) is 19.8 Å². The van der Waals surface area contributed by atoms with Crippen LogP contribution in [-0.4, -0.2) is 32.7 Å². The van der Waals surface area contributed by atoms with Crippen LogP contribution in [0.25, 0.3) is 10.8 Å². The number of carbonyl (C=O) groups excluding carboxylic acids is 2. The van der Waals surface area contributed by atoms with Crippen LogP contribution in [0.4, 0.5) is 0 Å². The number of benzene rings is 2. The Morgan fingerprint density at radius 1 is 1.07 bits per heavy atom. The number of carbonyl (C=O) groups is 2. The Hall–Kier alpha value is -3.20. The molecular formula is C19H16BrN3O5. The van der Waals surface area contributed by atoms with Crippen molar-refractivity contribution in [3.8, 4) is 17.5 Å². The molecule has 8 nitrogen and oxygen atoms in total. The number of azo groups is 1. The van der Waals surface area contributed by atoms with Crippen LogP contribution in [0, 0.1) is 0 Å². The quantitative estimate of drug-likeness (QED) is 0.590. The maximum Gasteiger partial charge on any atom is 0.304 e. The number of nitrogens with zero attached hydrogens (tertiary/aromatic N) is 3. The first kappa shape index (κ1) is 19.6. The van der Waals surface area contributed by atoms with Gasteiger partial charge in [-0.3, -0.25) is 14.2 Å². The molecule has 0 saturated heterocycles. The van der Waals surface area contributed by atoms with Gasteiger partial charge in [0.2, 0.25) is 11.8 Å². The first-order valence-corrected chi connectivity index (χ1v) is 8.99. The minimum Gasteiger partial charge on any atom is -0.494 e. The van der Waals surface area contributed by atoms with Crippen LogP contribution in [0.3, 0.4) is 0 Å². The molecule has 0 aliphatic carbocycles. The van der Waals surface area contributed by atoms with Crippen molar-refractivity contribution in [1.82, 2.24) is 4.57 Å². The van der Waals surface area contributed by atoms with E-state index in [1.54, 1.807) is 18.2 Å². The number of fused-ring (bicyclic) bond motifs is 1. The molecule has 28 heavy (non-hydrogen) atoms. The Kier molecular flexibility index (Phi) is 5.46. The molecule has 3 aromatic rings. The topological polar surface area (TPSA) is 113 Å². The van der Waals surface area contributed by atoms with Crippen LogP contribution in [0.5, 0.6) is 17.5 Å². The molecule has 1 heterocycles. The third kappa shape index (κ3) is 3.89. The van der Waals surface area contributed by atoms with E-state index < -0.39 is 17.9 Å². The van der Waals surface area contributed by atoms with Crippen LogP contribution in [0.15, 0.2) is 57.2 Å². The number of aromatic nitrogens is 1. The first-order chi connectivity index (χ1) is 13.3. The Balaban J connectivity index is 1.73. The maximum absolute atomic E-state index is 12.2. The van der Waals surface area contributed by atoms with E-state index in [0.717, 1.165) is 4.47 Å². The van der Waals surface area contributed by atoms with Gasteiger partial charge in [-0.05, 0) is 43.3 Å². The van der Waals surface area contributed by atoms with Crippen LogP contribution >= 0.6 is 15.9 Å². The predicted octanol–water partition coefficient (Wildman–Crippen LogP) is 3.94. The second-order valence-electron chi connectivity index (χ2n) is 6.03. The molecule has 1 atom stereocenters. The molecule has 0 fully saturated rings. The number of aromatic hydroxyl groups is 2. The smallest absolute Gasteiger partial charge is 0.304 e.